The van der Waals surface area contributed by atoms with Gasteiger partial charge in [0.2, 0.25) is 11.0 Å². The topological polar surface area (TPSA) is 58.1 Å². The molecule has 0 unspecified atom stereocenters. The molecule has 0 aliphatic carbocycles. The van der Waals surface area contributed by atoms with Crippen molar-refractivity contribution in [2.24, 2.45) is 0 Å². The van der Waals surface area contributed by atoms with Crippen LogP contribution in [0.4, 0.5) is 10.8 Å². The van der Waals surface area contributed by atoms with E-state index in [9.17, 15) is 4.79 Å². The minimum absolute atomic E-state index is 0.0828. The quantitative estimate of drug-likeness (QED) is 0.921. The van der Waals surface area contributed by atoms with Crippen LogP contribution >= 0.6 is 11.3 Å². The molecule has 1 N–H and O–H groups in total. The predicted octanol–water partition coefficient (Wildman–Crippen LogP) is 2.88. The number of nitrogens with one attached hydrogen (secondary N) is 1. The van der Waals surface area contributed by atoms with E-state index < -0.39 is 0 Å². The van der Waals surface area contributed by atoms with Crippen molar-refractivity contribution in [2.45, 2.75) is 32.6 Å². The Bertz CT molecular complexity index is 655. The molecule has 3 rings (SSSR count). The Kier molecular flexibility index (Phi) is 4.68. The van der Waals surface area contributed by atoms with Gasteiger partial charge in [0.1, 0.15) is 5.01 Å². The van der Waals surface area contributed by atoms with E-state index in [1.54, 1.807) is 0 Å². The van der Waals surface area contributed by atoms with Gasteiger partial charge < -0.3 is 10.2 Å². The van der Waals surface area contributed by atoms with Crippen LogP contribution in [0.15, 0.2) is 24.3 Å². The first-order valence-corrected chi connectivity index (χ1v) is 8.54. The van der Waals surface area contributed by atoms with Crippen LogP contribution in [-0.2, 0) is 17.6 Å². The largest absolute Gasteiger partial charge is 0.351 e. The Morgan fingerprint density at radius 1 is 1.36 bits per heavy atom. The van der Waals surface area contributed by atoms with Gasteiger partial charge in [0.15, 0.2) is 0 Å². The van der Waals surface area contributed by atoms with E-state index >= 15 is 0 Å². The van der Waals surface area contributed by atoms with Crippen molar-refractivity contribution in [3.63, 3.8) is 0 Å². The zero-order valence-electron chi connectivity index (χ0n) is 12.7. The highest BCUT2D eigenvalue weighted by molar-refractivity contribution is 7.15. The lowest BCUT2D eigenvalue weighted by Gasteiger charge is -2.29. The molecule has 5 nitrogen and oxygen atoms in total. The smallest absolute Gasteiger partial charge is 0.246 e. The predicted molar refractivity (Wildman–Crippen MR) is 89.5 cm³/mol. The van der Waals surface area contributed by atoms with E-state index in [0.717, 1.165) is 48.1 Å². The molecule has 0 saturated heterocycles. The van der Waals surface area contributed by atoms with Crippen LogP contribution in [0, 0.1) is 0 Å². The fourth-order valence-electron chi connectivity index (χ4n) is 2.68. The van der Waals surface area contributed by atoms with Gasteiger partial charge in [-0.1, -0.05) is 36.5 Å². The van der Waals surface area contributed by atoms with E-state index in [1.807, 2.05) is 23.1 Å². The molecule has 0 atom stereocenters. The molecule has 0 spiro atoms. The number of nitrogens with zero attached hydrogens (tertiary/aromatic N) is 3. The van der Waals surface area contributed by atoms with Crippen LogP contribution in [0.5, 0.6) is 0 Å². The lowest BCUT2D eigenvalue weighted by molar-refractivity contribution is -0.117. The van der Waals surface area contributed by atoms with Crippen LogP contribution in [-0.4, -0.2) is 29.2 Å². The molecule has 1 aliphatic rings. The number of rotatable bonds is 5. The molecule has 1 aromatic carbocycles. The Balaban J connectivity index is 1.63. The van der Waals surface area contributed by atoms with Gasteiger partial charge >= 0.3 is 0 Å². The third-order valence-corrected chi connectivity index (χ3v) is 4.67. The standard InChI is InChI=1S/C16H20N4OS/c1-2-6-14-18-19-16(22-14)17-11-15(21)20-10-5-8-12-7-3-4-9-13(12)20/h3-4,7,9H,2,5-6,8,10-11H2,1H3,(H,17,19). The van der Waals surface area contributed by atoms with Crippen molar-refractivity contribution in [2.75, 3.05) is 23.3 Å². The SMILES string of the molecule is CCCc1nnc(NCC(=O)N2CCCc3ccccc32)s1. The maximum absolute atomic E-state index is 12.5. The molecule has 6 heteroatoms. The molecular weight excluding hydrogens is 296 g/mol. The summed E-state index contributed by atoms with van der Waals surface area (Å²) in [4.78, 5) is 14.4. The zero-order chi connectivity index (χ0) is 15.4. The molecule has 0 fully saturated rings. The number of para-hydroxylation sites is 1. The van der Waals surface area contributed by atoms with E-state index in [1.165, 1.54) is 16.9 Å². The fraction of sp³-hybridized carbons (Fsp3) is 0.438. The molecule has 2 aromatic rings. The second kappa shape index (κ2) is 6.87. The molecule has 1 aliphatic heterocycles. The number of carbonyl (C=O) groups is 1. The zero-order valence-corrected chi connectivity index (χ0v) is 13.5. The molecule has 2 heterocycles. The van der Waals surface area contributed by atoms with Gasteiger partial charge in [-0.3, -0.25) is 4.79 Å². The van der Waals surface area contributed by atoms with Gasteiger partial charge in [0.25, 0.3) is 0 Å². The van der Waals surface area contributed by atoms with Crippen molar-refractivity contribution in [1.29, 1.82) is 0 Å². The highest BCUT2D eigenvalue weighted by atomic mass is 32.1. The first-order chi connectivity index (χ1) is 10.8. The third kappa shape index (κ3) is 3.27. The normalized spacial score (nSPS) is 13.8. The Labute approximate surface area is 134 Å². The Morgan fingerprint density at radius 2 is 2.23 bits per heavy atom. The number of hydrogen-bond acceptors (Lipinski definition) is 5. The average molecular weight is 316 g/mol. The number of anilines is 2. The van der Waals surface area contributed by atoms with Gasteiger partial charge in [-0.15, -0.1) is 10.2 Å². The molecule has 0 radical (unpaired) electrons. The van der Waals surface area contributed by atoms with Gasteiger partial charge in [0, 0.05) is 18.7 Å². The number of amides is 1. The summed E-state index contributed by atoms with van der Waals surface area (Å²) in [7, 11) is 0. The maximum atomic E-state index is 12.5. The number of hydrogen-bond donors (Lipinski definition) is 1. The molecule has 116 valence electrons. The first kappa shape index (κ1) is 15.0. The highest BCUT2D eigenvalue weighted by Gasteiger charge is 2.21. The number of aryl methyl sites for hydroxylation is 2. The summed E-state index contributed by atoms with van der Waals surface area (Å²) in [6.07, 6.45) is 4.05. The minimum Gasteiger partial charge on any atom is -0.351 e. The summed E-state index contributed by atoms with van der Waals surface area (Å²) < 4.78 is 0. The van der Waals surface area contributed by atoms with Gasteiger partial charge in [-0.05, 0) is 30.9 Å². The summed E-state index contributed by atoms with van der Waals surface area (Å²) in [6, 6.07) is 8.14. The van der Waals surface area contributed by atoms with Gasteiger partial charge in [-0.25, -0.2) is 0 Å². The minimum atomic E-state index is 0.0828. The van der Waals surface area contributed by atoms with Crippen molar-refractivity contribution >= 4 is 28.1 Å². The van der Waals surface area contributed by atoms with Crippen LogP contribution in [0.3, 0.4) is 0 Å². The summed E-state index contributed by atoms with van der Waals surface area (Å²) in [6.45, 7) is 3.16. The van der Waals surface area contributed by atoms with Crippen LogP contribution in [0.1, 0.15) is 30.3 Å². The average Bonchev–Trinajstić information content (AvgIpc) is 3.00. The second-order valence-corrected chi connectivity index (χ2v) is 6.44. The van der Waals surface area contributed by atoms with E-state index in [2.05, 4.69) is 28.5 Å². The molecule has 0 bridgehead atoms. The lowest BCUT2D eigenvalue weighted by Crippen LogP contribution is -2.39. The summed E-state index contributed by atoms with van der Waals surface area (Å²) in [5.74, 6) is 0.0828. The maximum Gasteiger partial charge on any atom is 0.246 e. The van der Waals surface area contributed by atoms with Crippen molar-refractivity contribution in [3.05, 3.63) is 34.8 Å². The third-order valence-electron chi connectivity index (χ3n) is 3.73. The molecule has 0 saturated carbocycles. The summed E-state index contributed by atoms with van der Waals surface area (Å²) in [5.41, 5.74) is 2.30. The molecule has 22 heavy (non-hydrogen) atoms. The fourth-order valence-corrected chi connectivity index (χ4v) is 3.52. The van der Waals surface area contributed by atoms with Crippen molar-refractivity contribution < 1.29 is 4.79 Å². The summed E-state index contributed by atoms with van der Waals surface area (Å²) in [5, 5.41) is 13.0. The van der Waals surface area contributed by atoms with Crippen molar-refractivity contribution in [3.8, 4) is 0 Å². The van der Waals surface area contributed by atoms with Crippen LogP contribution < -0.4 is 10.2 Å². The molecular formula is C16H20N4OS. The lowest BCUT2D eigenvalue weighted by atomic mass is 10.0. The second-order valence-electron chi connectivity index (χ2n) is 5.38. The number of aromatic nitrogens is 2. The van der Waals surface area contributed by atoms with Gasteiger partial charge in [0.05, 0.1) is 6.54 Å². The Morgan fingerprint density at radius 3 is 3.09 bits per heavy atom. The summed E-state index contributed by atoms with van der Waals surface area (Å²) >= 11 is 1.53. The van der Waals surface area contributed by atoms with E-state index in [0.29, 0.717) is 0 Å². The van der Waals surface area contributed by atoms with Gasteiger partial charge in [-0.2, -0.15) is 0 Å². The molecule has 1 amide bonds. The van der Waals surface area contributed by atoms with Crippen molar-refractivity contribution in [1.82, 2.24) is 10.2 Å². The Hall–Kier alpha value is -1.95. The van der Waals surface area contributed by atoms with Crippen LogP contribution in [0.2, 0.25) is 0 Å². The number of benzene rings is 1. The first-order valence-electron chi connectivity index (χ1n) is 7.72. The van der Waals surface area contributed by atoms with E-state index in [4.69, 9.17) is 0 Å². The number of carbonyl (C=O) groups excluding carboxylic acids is 1. The van der Waals surface area contributed by atoms with E-state index in [-0.39, 0.29) is 12.5 Å². The highest BCUT2D eigenvalue weighted by Crippen LogP contribution is 2.26. The van der Waals surface area contributed by atoms with Crippen LogP contribution in [0.25, 0.3) is 0 Å². The molecule has 1 aromatic heterocycles. The monoisotopic (exact) mass is 316 g/mol. The number of fused-ring (bicyclic) bond motifs is 1.